The van der Waals surface area contributed by atoms with E-state index in [0.717, 1.165) is 14.3 Å². The predicted octanol–water partition coefficient (Wildman–Crippen LogP) is 1.87. The number of carbonyl (C=O) groups is 1. The summed E-state index contributed by atoms with van der Waals surface area (Å²) in [5.41, 5.74) is 0.905. The number of hydrogen-bond donors (Lipinski definition) is 0. The van der Waals surface area contributed by atoms with Crippen LogP contribution in [0.15, 0.2) is 58.2 Å². The molecule has 1 saturated heterocycles. The Labute approximate surface area is 184 Å². The quantitative estimate of drug-likeness (QED) is 0.611. The maximum absolute atomic E-state index is 12.7. The number of benzene rings is 1. The van der Waals surface area contributed by atoms with E-state index in [1.165, 1.54) is 25.5 Å². The molecule has 8 nitrogen and oxygen atoms in total. The van der Waals surface area contributed by atoms with Crippen molar-refractivity contribution in [2.24, 2.45) is 0 Å². The number of nitriles is 1. The van der Waals surface area contributed by atoms with Crippen LogP contribution < -0.4 is 0 Å². The second-order valence-electron chi connectivity index (χ2n) is 6.95. The highest BCUT2D eigenvalue weighted by Crippen LogP contribution is 2.23. The van der Waals surface area contributed by atoms with E-state index >= 15 is 0 Å². The van der Waals surface area contributed by atoms with Crippen molar-refractivity contribution in [3.8, 4) is 6.07 Å². The van der Waals surface area contributed by atoms with Gasteiger partial charge in [-0.25, -0.2) is 8.42 Å². The van der Waals surface area contributed by atoms with Gasteiger partial charge in [-0.1, -0.05) is 28.1 Å². The third kappa shape index (κ3) is 5.05. The minimum absolute atomic E-state index is 0.0523. The Morgan fingerprint density at radius 2 is 1.90 bits per heavy atom. The Morgan fingerprint density at radius 3 is 2.47 bits per heavy atom. The van der Waals surface area contributed by atoms with Gasteiger partial charge in [-0.15, -0.1) is 0 Å². The van der Waals surface area contributed by atoms with E-state index in [9.17, 15) is 18.5 Å². The molecule has 30 heavy (non-hydrogen) atoms. The lowest BCUT2D eigenvalue weighted by Gasteiger charge is -2.37. The van der Waals surface area contributed by atoms with Gasteiger partial charge >= 0.3 is 0 Å². The first kappa shape index (κ1) is 22.4. The van der Waals surface area contributed by atoms with E-state index in [-0.39, 0.29) is 23.4 Å². The number of rotatable bonds is 6. The largest absolute Gasteiger partial charge is 0.339 e. The van der Waals surface area contributed by atoms with Gasteiger partial charge in [0.25, 0.3) is 0 Å². The summed E-state index contributed by atoms with van der Waals surface area (Å²) in [6.07, 6.45) is 2.76. The van der Waals surface area contributed by atoms with Crippen LogP contribution in [0.4, 0.5) is 0 Å². The third-order valence-corrected chi connectivity index (χ3v) is 7.36. The van der Waals surface area contributed by atoms with Crippen LogP contribution in [0.1, 0.15) is 11.6 Å². The Kier molecular flexibility index (Phi) is 7.20. The molecule has 10 heteroatoms. The van der Waals surface area contributed by atoms with Crippen molar-refractivity contribution >= 4 is 31.9 Å². The van der Waals surface area contributed by atoms with Crippen LogP contribution in [0.25, 0.3) is 0 Å². The van der Waals surface area contributed by atoms with Crippen molar-refractivity contribution < 1.29 is 13.2 Å². The number of amides is 1. The molecule has 158 valence electrons. The standard InChI is InChI=1S/C20H22BrN5O3S/c1-24(30(28,29)18-3-2-8-23-14-18)15-20(27)26-11-9-25(10-12-26)19(13-22)16-4-6-17(21)7-5-16/h2-8,14,19H,9-12,15H2,1H3. The molecule has 3 rings (SSSR count). The maximum atomic E-state index is 12.7. The molecule has 2 aromatic rings. The number of halogens is 1. The molecule has 1 unspecified atom stereocenters. The Balaban J connectivity index is 1.58. The minimum Gasteiger partial charge on any atom is -0.339 e. The van der Waals surface area contributed by atoms with E-state index in [4.69, 9.17) is 0 Å². The zero-order valence-electron chi connectivity index (χ0n) is 16.5. The van der Waals surface area contributed by atoms with Crippen molar-refractivity contribution in [1.82, 2.24) is 19.1 Å². The molecule has 0 N–H and O–H groups in total. The zero-order valence-corrected chi connectivity index (χ0v) is 18.9. The normalized spacial score (nSPS) is 16.3. The molecule has 2 heterocycles. The lowest BCUT2D eigenvalue weighted by atomic mass is 10.1. The number of piperazine rings is 1. The highest BCUT2D eigenvalue weighted by Gasteiger charge is 2.29. The van der Waals surface area contributed by atoms with Gasteiger partial charge in [0.2, 0.25) is 15.9 Å². The summed E-state index contributed by atoms with van der Waals surface area (Å²) >= 11 is 3.39. The highest BCUT2D eigenvalue weighted by atomic mass is 79.9. The first-order valence-electron chi connectivity index (χ1n) is 9.36. The van der Waals surface area contributed by atoms with Crippen molar-refractivity contribution in [3.63, 3.8) is 0 Å². The van der Waals surface area contributed by atoms with Gasteiger partial charge in [0.1, 0.15) is 10.9 Å². The summed E-state index contributed by atoms with van der Waals surface area (Å²) < 4.78 is 27.1. The van der Waals surface area contributed by atoms with Crippen LogP contribution in [0, 0.1) is 11.3 Å². The maximum Gasteiger partial charge on any atom is 0.244 e. The average Bonchev–Trinajstić information content (AvgIpc) is 2.76. The van der Waals surface area contributed by atoms with Crippen molar-refractivity contribution in [2.45, 2.75) is 10.9 Å². The molecular formula is C20H22BrN5O3S. The van der Waals surface area contributed by atoms with Crippen molar-refractivity contribution in [1.29, 1.82) is 5.26 Å². The minimum atomic E-state index is -3.77. The van der Waals surface area contributed by atoms with Crippen LogP contribution in [0.5, 0.6) is 0 Å². The molecule has 1 atom stereocenters. The summed E-state index contributed by atoms with van der Waals surface area (Å²) in [5, 5.41) is 9.63. The van der Waals surface area contributed by atoms with Gasteiger partial charge in [0.05, 0.1) is 12.6 Å². The molecule has 0 aliphatic carbocycles. The van der Waals surface area contributed by atoms with Crippen LogP contribution >= 0.6 is 15.9 Å². The predicted molar refractivity (Wildman–Crippen MR) is 115 cm³/mol. The average molecular weight is 492 g/mol. The Hall–Kier alpha value is -2.32. The van der Waals surface area contributed by atoms with Crippen LogP contribution in [0.2, 0.25) is 0 Å². The Morgan fingerprint density at radius 1 is 1.23 bits per heavy atom. The molecular weight excluding hydrogens is 470 g/mol. The van der Waals surface area contributed by atoms with E-state index in [2.05, 4.69) is 27.0 Å². The number of hydrogen-bond acceptors (Lipinski definition) is 6. The molecule has 0 saturated carbocycles. The highest BCUT2D eigenvalue weighted by molar-refractivity contribution is 9.10. The smallest absolute Gasteiger partial charge is 0.244 e. The topological polar surface area (TPSA) is 97.6 Å². The van der Waals surface area contributed by atoms with Gasteiger partial charge < -0.3 is 4.90 Å². The SMILES string of the molecule is CN(CC(=O)N1CCN(C(C#N)c2ccc(Br)cc2)CC1)S(=O)(=O)c1cccnc1. The van der Waals surface area contributed by atoms with Gasteiger partial charge in [-0.05, 0) is 29.8 Å². The summed E-state index contributed by atoms with van der Waals surface area (Å²) in [5.74, 6) is -0.262. The molecule has 1 aliphatic rings. The number of pyridine rings is 1. The van der Waals surface area contributed by atoms with Crippen molar-refractivity contribution in [3.05, 3.63) is 58.8 Å². The number of carbonyl (C=O) groups excluding carboxylic acids is 1. The monoisotopic (exact) mass is 491 g/mol. The lowest BCUT2D eigenvalue weighted by molar-refractivity contribution is -0.133. The summed E-state index contributed by atoms with van der Waals surface area (Å²) in [7, 11) is -2.39. The second-order valence-corrected chi connectivity index (χ2v) is 9.91. The first-order valence-corrected chi connectivity index (χ1v) is 11.6. The van der Waals surface area contributed by atoms with Gasteiger partial charge in [0, 0.05) is 50.1 Å². The second kappa shape index (κ2) is 9.66. The molecule has 1 aromatic carbocycles. The Bertz CT molecular complexity index is 1020. The van der Waals surface area contributed by atoms with Gasteiger partial charge in [-0.3, -0.25) is 14.7 Å². The number of sulfonamides is 1. The summed E-state index contributed by atoms with van der Waals surface area (Å²) in [6.45, 7) is 1.71. The molecule has 1 fully saturated rings. The molecule has 0 spiro atoms. The van der Waals surface area contributed by atoms with Crippen molar-refractivity contribution in [2.75, 3.05) is 39.8 Å². The summed E-state index contributed by atoms with van der Waals surface area (Å²) in [6, 6.07) is 12.6. The van der Waals surface area contributed by atoms with Gasteiger partial charge in [-0.2, -0.15) is 9.57 Å². The lowest BCUT2D eigenvalue weighted by Crippen LogP contribution is -2.51. The number of likely N-dealkylation sites (N-methyl/N-ethyl adjacent to an activating group) is 1. The van der Waals surface area contributed by atoms with E-state index in [0.29, 0.717) is 26.2 Å². The van der Waals surface area contributed by atoms with Gasteiger partial charge in [0.15, 0.2) is 0 Å². The summed E-state index contributed by atoms with van der Waals surface area (Å²) in [4.78, 5) is 20.2. The molecule has 0 bridgehead atoms. The molecule has 1 amide bonds. The fraction of sp³-hybridized carbons (Fsp3) is 0.350. The number of aromatic nitrogens is 1. The van der Waals surface area contributed by atoms with Crippen LogP contribution in [0.3, 0.4) is 0 Å². The molecule has 0 radical (unpaired) electrons. The van der Waals surface area contributed by atoms with Crippen LogP contribution in [-0.4, -0.2) is 73.2 Å². The van der Waals surface area contributed by atoms with E-state index < -0.39 is 10.0 Å². The zero-order chi connectivity index (χ0) is 21.7. The number of nitrogens with zero attached hydrogens (tertiary/aromatic N) is 5. The fourth-order valence-electron chi connectivity index (χ4n) is 3.30. The third-order valence-electron chi connectivity index (χ3n) is 5.04. The van der Waals surface area contributed by atoms with E-state index in [1.54, 1.807) is 11.0 Å². The molecule has 1 aliphatic heterocycles. The first-order chi connectivity index (χ1) is 14.3. The van der Waals surface area contributed by atoms with Crippen LogP contribution in [-0.2, 0) is 14.8 Å². The molecule has 1 aromatic heterocycles. The van der Waals surface area contributed by atoms with E-state index in [1.807, 2.05) is 29.2 Å². The fourth-order valence-corrected chi connectivity index (χ4v) is 4.65.